The van der Waals surface area contributed by atoms with Crippen molar-refractivity contribution in [2.45, 2.75) is 6.92 Å². The van der Waals surface area contributed by atoms with Crippen molar-refractivity contribution in [1.29, 1.82) is 0 Å². The quantitative estimate of drug-likeness (QED) is 0.859. The fourth-order valence-electron chi connectivity index (χ4n) is 1.57. The molecule has 0 spiro atoms. The van der Waals surface area contributed by atoms with Gasteiger partial charge in [-0.3, -0.25) is 0 Å². The Labute approximate surface area is 116 Å². The largest absolute Gasteiger partial charge is 0.455 e. The van der Waals surface area contributed by atoms with Gasteiger partial charge in [-0.1, -0.05) is 47.6 Å². The molecule has 2 nitrogen and oxygen atoms in total. The van der Waals surface area contributed by atoms with E-state index in [2.05, 4.69) is 0 Å². The van der Waals surface area contributed by atoms with Gasteiger partial charge in [-0.25, -0.2) is 0 Å². The summed E-state index contributed by atoms with van der Waals surface area (Å²) in [4.78, 5) is 0.306. The van der Waals surface area contributed by atoms with Gasteiger partial charge in [0.2, 0.25) is 0 Å². The number of hydrogen-bond acceptors (Lipinski definition) is 2. The van der Waals surface area contributed by atoms with Gasteiger partial charge < -0.3 is 10.5 Å². The molecule has 2 aromatic rings. The van der Waals surface area contributed by atoms with Crippen LogP contribution in [0.5, 0.6) is 11.5 Å². The highest BCUT2D eigenvalue weighted by molar-refractivity contribution is 7.80. The maximum absolute atomic E-state index is 6.05. The molecule has 0 aliphatic carbocycles. The second-order valence-corrected chi connectivity index (χ2v) is 4.74. The Morgan fingerprint density at radius 2 is 1.89 bits per heavy atom. The molecule has 18 heavy (non-hydrogen) atoms. The average molecular weight is 278 g/mol. The second kappa shape index (κ2) is 5.38. The third-order valence-corrected chi connectivity index (χ3v) is 2.99. The van der Waals surface area contributed by atoms with Crippen LogP contribution in [0.1, 0.15) is 11.1 Å². The zero-order valence-corrected chi connectivity index (χ0v) is 11.4. The van der Waals surface area contributed by atoms with Crippen LogP contribution in [-0.4, -0.2) is 4.99 Å². The number of aryl methyl sites for hydroxylation is 1. The first-order valence-electron chi connectivity index (χ1n) is 5.41. The molecule has 0 unspecified atom stereocenters. The van der Waals surface area contributed by atoms with E-state index in [-0.39, 0.29) is 0 Å². The molecule has 0 saturated carbocycles. The summed E-state index contributed by atoms with van der Waals surface area (Å²) >= 11 is 11.1. The van der Waals surface area contributed by atoms with Crippen LogP contribution < -0.4 is 10.5 Å². The third kappa shape index (κ3) is 2.81. The minimum absolute atomic E-state index is 0.306. The zero-order chi connectivity index (χ0) is 13.1. The summed E-state index contributed by atoms with van der Waals surface area (Å²) in [6.07, 6.45) is 0. The number of thiocarbonyl (C=S) groups is 1. The highest BCUT2D eigenvalue weighted by Crippen LogP contribution is 2.31. The normalized spacial score (nSPS) is 10.1. The number of halogens is 1. The van der Waals surface area contributed by atoms with E-state index in [1.807, 2.05) is 37.3 Å². The predicted octanol–water partition coefficient (Wildman–Crippen LogP) is 4.07. The smallest absolute Gasteiger partial charge is 0.146 e. The highest BCUT2D eigenvalue weighted by Gasteiger charge is 2.09. The van der Waals surface area contributed by atoms with Crippen LogP contribution in [0.25, 0.3) is 0 Å². The van der Waals surface area contributed by atoms with Gasteiger partial charge >= 0.3 is 0 Å². The summed E-state index contributed by atoms with van der Waals surface area (Å²) in [7, 11) is 0. The van der Waals surface area contributed by atoms with Crippen LogP contribution in [0.4, 0.5) is 0 Å². The molecule has 0 saturated heterocycles. The van der Waals surface area contributed by atoms with Crippen LogP contribution in [0, 0.1) is 6.92 Å². The molecule has 0 radical (unpaired) electrons. The maximum atomic E-state index is 6.05. The van der Waals surface area contributed by atoms with Gasteiger partial charge in [-0.05, 0) is 31.2 Å². The molecule has 0 aromatic heterocycles. The number of ether oxygens (including phenoxy) is 1. The van der Waals surface area contributed by atoms with E-state index >= 15 is 0 Å². The van der Waals surface area contributed by atoms with E-state index in [1.165, 1.54) is 0 Å². The zero-order valence-electron chi connectivity index (χ0n) is 9.81. The lowest BCUT2D eigenvalue weighted by molar-refractivity contribution is 0.482. The van der Waals surface area contributed by atoms with Crippen molar-refractivity contribution in [2.75, 3.05) is 0 Å². The van der Waals surface area contributed by atoms with Gasteiger partial charge in [0.15, 0.2) is 0 Å². The van der Waals surface area contributed by atoms with E-state index in [9.17, 15) is 0 Å². The molecular weight excluding hydrogens is 266 g/mol. The van der Waals surface area contributed by atoms with Crippen molar-refractivity contribution in [3.63, 3.8) is 0 Å². The first-order chi connectivity index (χ1) is 8.58. The lowest BCUT2D eigenvalue weighted by Gasteiger charge is -2.12. The van der Waals surface area contributed by atoms with E-state index in [0.717, 1.165) is 5.56 Å². The lowest BCUT2D eigenvalue weighted by Crippen LogP contribution is -2.11. The number of para-hydroxylation sites is 1. The van der Waals surface area contributed by atoms with Crippen molar-refractivity contribution in [1.82, 2.24) is 0 Å². The van der Waals surface area contributed by atoms with Crippen molar-refractivity contribution in [2.24, 2.45) is 5.73 Å². The van der Waals surface area contributed by atoms with Crippen LogP contribution in [0.2, 0.25) is 5.02 Å². The highest BCUT2D eigenvalue weighted by atomic mass is 35.5. The molecule has 2 rings (SSSR count). The maximum Gasteiger partial charge on any atom is 0.146 e. The molecule has 2 aromatic carbocycles. The van der Waals surface area contributed by atoms with Crippen molar-refractivity contribution in [3.05, 3.63) is 58.6 Å². The average Bonchev–Trinajstić information content (AvgIpc) is 2.34. The molecule has 0 atom stereocenters. The minimum Gasteiger partial charge on any atom is -0.455 e. The molecule has 0 aliphatic rings. The SMILES string of the molecule is Cc1ccc(Oc2ccccc2Cl)c(C(N)=S)c1. The van der Waals surface area contributed by atoms with E-state index < -0.39 is 0 Å². The van der Waals surface area contributed by atoms with Crippen LogP contribution in [0.15, 0.2) is 42.5 Å². The van der Waals surface area contributed by atoms with Gasteiger partial charge in [-0.15, -0.1) is 0 Å². The van der Waals surface area contributed by atoms with Gasteiger partial charge in [-0.2, -0.15) is 0 Å². The Morgan fingerprint density at radius 1 is 1.17 bits per heavy atom. The summed E-state index contributed by atoms with van der Waals surface area (Å²) in [5, 5.41) is 0.548. The van der Waals surface area contributed by atoms with Crippen molar-refractivity contribution >= 4 is 28.8 Å². The van der Waals surface area contributed by atoms with Gasteiger partial charge in [0, 0.05) is 0 Å². The Kier molecular flexibility index (Phi) is 3.84. The second-order valence-electron chi connectivity index (χ2n) is 3.90. The number of rotatable bonds is 3. The third-order valence-electron chi connectivity index (χ3n) is 2.46. The molecule has 0 bridgehead atoms. The van der Waals surface area contributed by atoms with E-state index in [1.54, 1.807) is 12.1 Å². The van der Waals surface area contributed by atoms with Gasteiger partial charge in [0.1, 0.15) is 16.5 Å². The summed E-state index contributed by atoms with van der Waals surface area (Å²) in [5.41, 5.74) is 7.48. The topological polar surface area (TPSA) is 35.2 Å². The molecular formula is C14H12ClNOS. The number of nitrogens with two attached hydrogens (primary N) is 1. The van der Waals surface area contributed by atoms with Gasteiger partial charge in [0.25, 0.3) is 0 Å². The first kappa shape index (κ1) is 12.9. The number of hydrogen-bond donors (Lipinski definition) is 1. The minimum atomic E-state index is 0.306. The summed E-state index contributed by atoms with van der Waals surface area (Å²) in [5.74, 6) is 1.20. The lowest BCUT2D eigenvalue weighted by atomic mass is 10.1. The predicted molar refractivity (Wildman–Crippen MR) is 78.6 cm³/mol. The van der Waals surface area contributed by atoms with Crippen molar-refractivity contribution < 1.29 is 4.74 Å². The summed E-state index contributed by atoms with van der Waals surface area (Å²) < 4.78 is 5.76. The first-order valence-corrected chi connectivity index (χ1v) is 6.19. The monoisotopic (exact) mass is 277 g/mol. The summed E-state index contributed by atoms with van der Waals surface area (Å²) in [6, 6.07) is 12.9. The van der Waals surface area contributed by atoms with Crippen LogP contribution in [0.3, 0.4) is 0 Å². The Morgan fingerprint density at radius 3 is 2.56 bits per heavy atom. The molecule has 0 aliphatic heterocycles. The standard InChI is InChI=1S/C14H12ClNOS/c1-9-6-7-12(10(8-9)14(16)18)17-13-5-3-2-4-11(13)15/h2-8H,1H3,(H2,16,18). The molecule has 0 heterocycles. The molecule has 2 N–H and O–H groups in total. The molecule has 92 valence electrons. The van der Waals surface area contributed by atoms with Crippen LogP contribution >= 0.6 is 23.8 Å². The van der Waals surface area contributed by atoms with Crippen molar-refractivity contribution in [3.8, 4) is 11.5 Å². The Hall–Kier alpha value is -1.58. The fraction of sp³-hybridized carbons (Fsp3) is 0.0714. The van der Waals surface area contributed by atoms with E-state index in [4.69, 9.17) is 34.3 Å². The Balaban J connectivity index is 2.41. The molecule has 4 heteroatoms. The fourth-order valence-corrected chi connectivity index (χ4v) is 1.91. The number of benzene rings is 2. The van der Waals surface area contributed by atoms with Gasteiger partial charge in [0.05, 0.1) is 10.6 Å². The Bertz CT molecular complexity index is 598. The van der Waals surface area contributed by atoms with E-state index in [0.29, 0.717) is 27.1 Å². The molecule has 0 fully saturated rings. The molecule has 0 amide bonds. The van der Waals surface area contributed by atoms with Crippen LogP contribution in [-0.2, 0) is 0 Å². The summed E-state index contributed by atoms with van der Waals surface area (Å²) in [6.45, 7) is 1.97.